The van der Waals surface area contributed by atoms with Crippen molar-refractivity contribution in [3.8, 4) is 0 Å². The lowest BCUT2D eigenvalue weighted by atomic mass is 9.92. The molecule has 0 aliphatic heterocycles. The zero-order chi connectivity index (χ0) is 13.6. The third kappa shape index (κ3) is 5.34. The Morgan fingerprint density at radius 2 is 1.67 bits per heavy atom. The third-order valence-electron chi connectivity index (χ3n) is 2.63. The fraction of sp³-hybridized carbons (Fsp3) is 0.714. The third-order valence-corrected chi connectivity index (χ3v) is 2.63. The summed E-state index contributed by atoms with van der Waals surface area (Å²) in [4.78, 5) is 8.93. The van der Waals surface area contributed by atoms with E-state index >= 15 is 0 Å². The van der Waals surface area contributed by atoms with Gasteiger partial charge in [0.05, 0.1) is 0 Å². The molecule has 4 heteroatoms. The van der Waals surface area contributed by atoms with Gasteiger partial charge >= 0.3 is 0 Å². The average Bonchev–Trinajstić information content (AvgIpc) is 2.27. The first-order chi connectivity index (χ1) is 8.44. The number of nitrogens with one attached hydrogen (secondary N) is 2. The SMILES string of the molecule is CCNc1cc(NCCC(C)(C)C)nc(CC)n1. The highest BCUT2D eigenvalue weighted by Crippen LogP contribution is 2.19. The highest BCUT2D eigenvalue weighted by molar-refractivity contribution is 5.47. The van der Waals surface area contributed by atoms with Crippen LogP contribution in [0.5, 0.6) is 0 Å². The van der Waals surface area contributed by atoms with Crippen LogP contribution in [0.3, 0.4) is 0 Å². The summed E-state index contributed by atoms with van der Waals surface area (Å²) in [6.07, 6.45) is 1.97. The van der Waals surface area contributed by atoms with Gasteiger partial charge in [0.2, 0.25) is 0 Å². The van der Waals surface area contributed by atoms with E-state index in [1.54, 1.807) is 0 Å². The number of rotatable bonds is 6. The van der Waals surface area contributed by atoms with Crippen LogP contribution >= 0.6 is 0 Å². The predicted octanol–water partition coefficient (Wildman–Crippen LogP) is 3.32. The molecular formula is C14H26N4. The van der Waals surface area contributed by atoms with E-state index in [4.69, 9.17) is 0 Å². The van der Waals surface area contributed by atoms with Crippen molar-refractivity contribution >= 4 is 11.6 Å². The Hall–Kier alpha value is -1.32. The molecule has 0 saturated heterocycles. The van der Waals surface area contributed by atoms with Gasteiger partial charge in [-0.3, -0.25) is 0 Å². The van der Waals surface area contributed by atoms with Crippen molar-refractivity contribution < 1.29 is 0 Å². The molecule has 0 spiro atoms. The van der Waals surface area contributed by atoms with Gasteiger partial charge in [0.1, 0.15) is 17.5 Å². The Bertz CT molecular complexity index is 369. The largest absolute Gasteiger partial charge is 0.370 e. The fourth-order valence-electron chi connectivity index (χ4n) is 1.58. The quantitative estimate of drug-likeness (QED) is 0.813. The Morgan fingerprint density at radius 3 is 2.17 bits per heavy atom. The molecule has 4 nitrogen and oxygen atoms in total. The maximum Gasteiger partial charge on any atom is 0.132 e. The summed E-state index contributed by atoms with van der Waals surface area (Å²) in [6, 6.07) is 1.98. The summed E-state index contributed by atoms with van der Waals surface area (Å²) in [6.45, 7) is 12.7. The standard InChI is InChI=1S/C14H26N4/c1-6-11-17-12(15-7-2)10-13(18-11)16-9-8-14(3,4)5/h10H,6-9H2,1-5H3,(H2,15,16,17,18). The van der Waals surface area contributed by atoms with E-state index in [9.17, 15) is 0 Å². The van der Waals surface area contributed by atoms with Crippen molar-refractivity contribution in [1.29, 1.82) is 0 Å². The molecule has 1 aromatic heterocycles. The molecule has 2 N–H and O–H groups in total. The second-order valence-corrected chi connectivity index (χ2v) is 5.68. The van der Waals surface area contributed by atoms with E-state index in [1.807, 2.05) is 6.07 Å². The fourth-order valence-corrected chi connectivity index (χ4v) is 1.58. The van der Waals surface area contributed by atoms with Gasteiger partial charge in [0.15, 0.2) is 0 Å². The van der Waals surface area contributed by atoms with Crippen LogP contribution < -0.4 is 10.6 Å². The topological polar surface area (TPSA) is 49.8 Å². The number of aryl methyl sites for hydroxylation is 1. The summed E-state index contributed by atoms with van der Waals surface area (Å²) in [7, 11) is 0. The summed E-state index contributed by atoms with van der Waals surface area (Å²) < 4.78 is 0. The number of hydrogen-bond donors (Lipinski definition) is 2. The minimum absolute atomic E-state index is 0.345. The number of hydrogen-bond acceptors (Lipinski definition) is 4. The maximum atomic E-state index is 4.49. The molecule has 0 saturated carbocycles. The zero-order valence-electron chi connectivity index (χ0n) is 12.3. The molecule has 0 aliphatic rings. The lowest BCUT2D eigenvalue weighted by Gasteiger charge is -2.18. The first kappa shape index (κ1) is 14.7. The summed E-state index contributed by atoms with van der Waals surface area (Å²) >= 11 is 0. The van der Waals surface area contributed by atoms with Gasteiger partial charge in [-0.2, -0.15) is 0 Å². The molecule has 102 valence electrons. The normalized spacial score (nSPS) is 11.4. The Labute approximate surface area is 111 Å². The molecule has 0 amide bonds. The van der Waals surface area contributed by atoms with Crippen LogP contribution in [0.1, 0.15) is 46.9 Å². The summed E-state index contributed by atoms with van der Waals surface area (Å²) in [5.74, 6) is 2.70. The van der Waals surface area contributed by atoms with E-state index in [0.717, 1.165) is 43.4 Å². The van der Waals surface area contributed by atoms with Crippen LogP contribution in [-0.4, -0.2) is 23.1 Å². The van der Waals surface area contributed by atoms with Crippen LogP contribution in [0.4, 0.5) is 11.6 Å². The second kappa shape index (κ2) is 6.57. The lowest BCUT2D eigenvalue weighted by Crippen LogP contribution is -2.14. The van der Waals surface area contributed by atoms with Gasteiger partial charge in [-0.25, -0.2) is 9.97 Å². The van der Waals surface area contributed by atoms with Gasteiger partial charge < -0.3 is 10.6 Å². The van der Waals surface area contributed by atoms with Crippen LogP contribution in [0, 0.1) is 5.41 Å². The Balaban J connectivity index is 2.66. The smallest absolute Gasteiger partial charge is 0.132 e. The van der Waals surface area contributed by atoms with Crippen molar-refractivity contribution in [2.24, 2.45) is 5.41 Å². The molecule has 0 aliphatic carbocycles. The molecule has 1 heterocycles. The van der Waals surface area contributed by atoms with E-state index in [0.29, 0.717) is 5.41 Å². The van der Waals surface area contributed by atoms with Gasteiger partial charge in [0.25, 0.3) is 0 Å². The van der Waals surface area contributed by atoms with Gasteiger partial charge in [-0.1, -0.05) is 27.7 Å². The molecule has 0 unspecified atom stereocenters. The lowest BCUT2D eigenvalue weighted by molar-refractivity contribution is 0.389. The molecule has 0 radical (unpaired) electrons. The van der Waals surface area contributed by atoms with Crippen LogP contribution in [0.2, 0.25) is 0 Å². The van der Waals surface area contributed by atoms with E-state index in [-0.39, 0.29) is 0 Å². The Morgan fingerprint density at radius 1 is 1.06 bits per heavy atom. The zero-order valence-corrected chi connectivity index (χ0v) is 12.3. The Kier molecular flexibility index (Phi) is 5.38. The molecule has 0 aromatic carbocycles. The van der Waals surface area contributed by atoms with Crippen molar-refractivity contribution in [2.75, 3.05) is 23.7 Å². The van der Waals surface area contributed by atoms with Crippen molar-refractivity contribution in [2.45, 2.75) is 47.5 Å². The minimum atomic E-state index is 0.345. The second-order valence-electron chi connectivity index (χ2n) is 5.68. The average molecular weight is 250 g/mol. The number of aromatic nitrogens is 2. The molecular weight excluding hydrogens is 224 g/mol. The van der Waals surface area contributed by atoms with Crippen molar-refractivity contribution in [3.05, 3.63) is 11.9 Å². The van der Waals surface area contributed by atoms with Gasteiger partial charge in [0, 0.05) is 25.6 Å². The number of anilines is 2. The number of nitrogens with zero attached hydrogens (tertiary/aromatic N) is 2. The molecule has 1 aromatic rings. The van der Waals surface area contributed by atoms with Crippen molar-refractivity contribution in [1.82, 2.24) is 9.97 Å². The molecule has 0 fully saturated rings. The van der Waals surface area contributed by atoms with Gasteiger partial charge in [-0.15, -0.1) is 0 Å². The summed E-state index contributed by atoms with van der Waals surface area (Å²) in [5, 5.41) is 6.62. The first-order valence-corrected chi connectivity index (χ1v) is 6.80. The summed E-state index contributed by atoms with van der Waals surface area (Å²) in [5.41, 5.74) is 0.345. The van der Waals surface area contributed by atoms with Crippen LogP contribution in [-0.2, 0) is 6.42 Å². The van der Waals surface area contributed by atoms with Crippen LogP contribution in [0.15, 0.2) is 6.07 Å². The van der Waals surface area contributed by atoms with Crippen LogP contribution in [0.25, 0.3) is 0 Å². The minimum Gasteiger partial charge on any atom is -0.370 e. The van der Waals surface area contributed by atoms with E-state index in [1.165, 1.54) is 0 Å². The van der Waals surface area contributed by atoms with Gasteiger partial charge in [-0.05, 0) is 18.8 Å². The predicted molar refractivity (Wildman–Crippen MR) is 78.1 cm³/mol. The molecule has 1 rings (SSSR count). The highest BCUT2D eigenvalue weighted by atomic mass is 15.1. The highest BCUT2D eigenvalue weighted by Gasteiger charge is 2.09. The van der Waals surface area contributed by atoms with E-state index in [2.05, 4.69) is 55.2 Å². The van der Waals surface area contributed by atoms with E-state index < -0.39 is 0 Å². The monoisotopic (exact) mass is 250 g/mol. The van der Waals surface area contributed by atoms with Crippen molar-refractivity contribution in [3.63, 3.8) is 0 Å². The molecule has 18 heavy (non-hydrogen) atoms. The maximum absolute atomic E-state index is 4.49. The molecule has 0 atom stereocenters. The molecule has 0 bridgehead atoms. The first-order valence-electron chi connectivity index (χ1n) is 6.80.